The second kappa shape index (κ2) is 3.33. The van der Waals surface area contributed by atoms with Gasteiger partial charge >= 0.3 is 5.97 Å². The topological polar surface area (TPSA) is 46.5 Å². The van der Waals surface area contributed by atoms with Crippen molar-refractivity contribution in [3.05, 3.63) is 29.3 Å². The van der Waals surface area contributed by atoms with Crippen LogP contribution in [0, 0.1) is 12.8 Å². The standard InChI is InChI=1S/C11H12O3/c1-7-2-3-8-5-9(11(12)13)6-14-10(8)4-7/h2-4,9H,5-6H2,1H3,(H,12,13)/t9-/m1/s1. The van der Waals surface area contributed by atoms with Crippen molar-refractivity contribution in [3.8, 4) is 5.75 Å². The Morgan fingerprint density at radius 1 is 1.57 bits per heavy atom. The van der Waals surface area contributed by atoms with Gasteiger partial charge in [0.15, 0.2) is 0 Å². The van der Waals surface area contributed by atoms with E-state index in [9.17, 15) is 4.79 Å². The molecule has 2 rings (SSSR count). The Bertz CT molecular complexity index is 371. The van der Waals surface area contributed by atoms with Crippen molar-refractivity contribution < 1.29 is 14.6 Å². The molecule has 1 N–H and O–H groups in total. The van der Waals surface area contributed by atoms with Gasteiger partial charge in [-0.05, 0) is 30.5 Å². The molecule has 1 aliphatic heterocycles. The Balaban J connectivity index is 2.27. The molecule has 1 aromatic carbocycles. The highest BCUT2D eigenvalue weighted by Crippen LogP contribution is 2.28. The van der Waals surface area contributed by atoms with Crippen LogP contribution < -0.4 is 4.74 Å². The molecule has 0 radical (unpaired) electrons. The molecule has 14 heavy (non-hydrogen) atoms. The van der Waals surface area contributed by atoms with Crippen LogP contribution in [0.1, 0.15) is 11.1 Å². The minimum absolute atomic E-state index is 0.284. The first-order valence-electron chi connectivity index (χ1n) is 4.62. The number of aryl methyl sites for hydroxylation is 1. The monoisotopic (exact) mass is 192 g/mol. The van der Waals surface area contributed by atoms with Crippen molar-refractivity contribution >= 4 is 5.97 Å². The molecule has 0 aliphatic carbocycles. The zero-order valence-electron chi connectivity index (χ0n) is 7.99. The molecule has 1 aromatic rings. The number of carbonyl (C=O) groups is 1. The van der Waals surface area contributed by atoms with Crippen LogP contribution in [0.25, 0.3) is 0 Å². The molecular formula is C11H12O3. The molecule has 0 fully saturated rings. The first kappa shape index (κ1) is 9.06. The lowest BCUT2D eigenvalue weighted by atomic mass is 9.96. The summed E-state index contributed by atoms with van der Waals surface area (Å²) in [6.07, 6.45) is 0.574. The molecule has 1 atom stereocenters. The maximum atomic E-state index is 10.8. The molecule has 1 aliphatic rings. The summed E-state index contributed by atoms with van der Waals surface area (Å²) in [6.45, 7) is 2.28. The molecular weight excluding hydrogens is 180 g/mol. The summed E-state index contributed by atoms with van der Waals surface area (Å²) in [5, 5.41) is 8.84. The molecule has 0 bridgehead atoms. The SMILES string of the molecule is Cc1ccc2c(c1)OC[C@H](C(=O)O)C2. The molecule has 0 saturated heterocycles. The van der Waals surface area contributed by atoms with Gasteiger partial charge in [0, 0.05) is 0 Å². The predicted octanol–water partition coefficient (Wildman–Crippen LogP) is 1.63. The van der Waals surface area contributed by atoms with Crippen LogP contribution in [0.5, 0.6) is 5.75 Å². The maximum absolute atomic E-state index is 10.8. The highest BCUT2D eigenvalue weighted by atomic mass is 16.5. The van der Waals surface area contributed by atoms with E-state index in [4.69, 9.17) is 9.84 Å². The van der Waals surface area contributed by atoms with Crippen LogP contribution in [-0.2, 0) is 11.2 Å². The fourth-order valence-corrected chi connectivity index (χ4v) is 1.64. The highest BCUT2D eigenvalue weighted by Gasteiger charge is 2.25. The molecule has 0 saturated carbocycles. The molecule has 0 spiro atoms. The van der Waals surface area contributed by atoms with Gasteiger partial charge in [-0.2, -0.15) is 0 Å². The largest absolute Gasteiger partial charge is 0.492 e. The zero-order chi connectivity index (χ0) is 10.1. The van der Waals surface area contributed by atoms with E-state index in [1.165, 1.54) is 0 Å². The normalized spacial score (nSPS) is 19.6. The maximum Gasteiger partial charge on any atom is 0.310 e. The van der Waals surface area contributed by atoms with E-state index in [0.29, 0.717) is 6.42 Å². The average molecular weight is 192 g/mol. The summed E-state index contributed by atoms with van der Waals surface area (Å²) in [5.74, 6) is -0.344. The summed E-state index contributed by atoms with van der Waals surface area (Å²) in [5.41, 5.74) is 2.13. The number of hydrogen-bond donors (Lipinski definition) is 1. The average Bonchev–Trinajstić information content (AvgIpc) is 2.16. The number of ether oxygens (including phenoxy) is 1. The van der Waals surface area contributed by atoms with Gasteiger partial charge < -0.3 is 9.84 Å². The van der Waals surface area contributed by atoms with Gasteiger partial charge in [0.25, 0.3) is 0 Å². The van der Waals surface area contributed by atoms with Crippen molar-refractivity contribution in [2.45, 2.75) is 13.3 Å². The fourth-order valence-electron chi connectivity index (χ4n) is 1.64. The highest BCUT2D eigenvalue weighted by molar-refractivity contribution is 5.71. The van der Waals surface area contributed by atoms with Gasteiger partial charge in [-0.1, -0.05) is 12.1 Å². The number of hydrogen-bond acceptors (Lipinski definition) is 2. The Hall–Kier alpha value is -1.51. The number of benzene rings is 1. The summed E-state index contributed by atoms with van der Waals surface area (Å²) in [4.78, 5) is 10.8. The molecule has 0 amide bonds. The van der Waals surface area contributed by atoms with Gasteiger partial charge in [-0.15, -0.1) is 0 Å². The van der Waals surface area contributed by atoms with E-state index in [2.05, 4.69) is 0 Å². The van der Waals surface area contributed by atoms with Crippen LogP contribution in [-0.4, -0.2) is 17.7 Å². The first-order valence-corrected chi connectivity index (χ1v) is 4.62. The third kappa shape index (κ3) is 1.58. The second-order valence-electron chi connectivity index (χ2n) is 3.66. The lowest BCUT2D eigenvalue weighted by Gasteiger charge is -2.22. The summed E-state index contributed by atoms with van der Waals surface area (Å²) in [7, 11) is 0. The third-order valence-corrected chi connectivity index (χ3v) is 2.48. The number of carboxylic acid groups (broad SMARTS) is 1. The van der Waals surface area contributed by atoms with Crippen molar-refractivity contribution in [1.82, 2.24) is 0 Å². The van der Waals surface area contributed by atoms with E-state index < -0.39 is 11.9 Å². The summed E-state index contributed by atoms with van der Waals surface area (Å²) >= 11 is 0. The minimum atomic E-state index is -0.781. The Labute approximate surface area is 82.3 Å². The summed E-state index contributed by atoms with van der Waals surface area (Å²) in [6, 6.07) is 5.87. The second-order valence-corrected chi connectivity index (χ2v) is 3.66. The molecule has 0 aromatic heterocycles. The Kier molecular flexibility index (Phi) is 2.15. The van der Waals surface area contributed by atoms with Gasteiger partial charge in [0.1, 0.15) is 12.4 Å². The van der Waals surface area contributed by atoms with E-state index in [1.807, 2.05) is 25.1 Å². The lowest BCUT2D eigenvalue weighted by Crippen LogP contribution is -2.27. The smallest absolute Gasteiger partial charge is 0.310 e. The van der Waals surface area contributed by atoms with E-state index in [-0.39, 0.29) is 6.61 Å². The van der Waals surface area contributed by atoms with Gasteiger partial charge in [0.05, 0.1) is 5.92 Å². The van der Waals surface area contributed by atoms with Crippen LogP contribution in [0.4, 0.5) is 0 Å². The fraction of sp³-hybridized carbons (Fsp3) is 0.364. The first-order chi connectivity index (χ1) is 6.66. The molecule has 74 valence electrons. The molecule has 1 heterocycles. The van der Waals surface area contributed by atoms with Crippen molar-refractivity contribution in [2.24, 2.45) is 5.92 Å². The molecule has 0 unspecified atom stereocenters. The number of rotatable bonds is 1. The molecule has 3 heteroatoms. The van der Waals surface area contributed by atoms with Crippen molar-refractivity contribution in [3.63, 3.8) is 0 Å². The molecule has 3 nitrogen and oxygen atoms in total. The van der Waals surface area contributed by atoms with Crippen LogP contribution in [0.2, 0.25) is 0 Å². The van der Waals surface area contributed by atoms with Gasteiger partial charge in [-0.3, -0.25) is 4.79 Å². The van der Waals surface area contributed by atoms with Gasteiger partial charge in [-0.25, -0.2) is 0 Å². The number of carboxylic acids is 1. The van der Waals surface area contributed by atoms with E-state index >= 15 is 0 Å². The number of fused-ring (bicyclic) bond motifs is 1. The van der Waals surface area contributed by atoms with Crippen molar-refractivity contribution in [2.75, 3.05) is 6.61 Å². The Morgan fingerprint density at radius 3 is 3.07 bits per heavy atom. The quantitative estimate of drug-likeness (QED) is 0.735. The van der Waals surface area contributed by atoms with E-state index in [0.717, 1.165) is 16.9 Å². The zero-order valence-corrected chi connectivity index (χ0v) is 7.99. The van der Waals surface area contributed by atoms with Crippen LogP contribution >= 0.6 is 0 Å². The van der Waals surface area contributed by atoms with Crippen molar-refractivity contribution in [1.29, 1.82) is 0 Å². The minimum Gasteiger partial charge on any atom is -0.492 e. The van der Waals surface area contributed by atoms with Crippen LogP contribution in [0.3, 0.4) is 0 Å². The number of aliphatic carboxylic acids is 1. The third-order valence-electron chi connectivity index (χ3n) is 2.48. The lowest BCUT2D eigenvalue weighted by molar-refractivity contribution is -0.143. The van der Waals surface area contributed by atoms with Gasteiger partial charge in [0.2, 0.25) is 0 Å². The predicted molar refractivity (Wildman–Crippen MR) is 51.5 cm³/mol. The summed E-state index contributed by atoms with van der Waals surface area (Å²) < 4.78 is 5.40. The van der Waals surface area contributed by atoms with Crippen LogP contribution in [0.15, 0.2) is 18.2 Å². The van der Waals surface area contributed by atoms with E-state index in [1.54, 1.807) is 0 Å². The Morgan fingerprint density at radius 2 is 2.36 bits per heavy atom.